The molecule has 2 aromatic carbocycles. The highest BCUT2D eigenvalue weighted by Crippen LogP contribution is 2.40. The van der Waals surface area contributed by atoms with E-state index in [2.05, 4.69) is 33.1 Å². The number of nitrogens with zero attached hydrogens (tertiary/aromatic N) is 2. The number of carbonyl (C=O) groups is 1. The number of hydrogen-bond donors (Lipinski definition) is 3. The first-order chi connectivity index (χ1) is 14.8. The zero-order valence-corrected chi connectivity index (χ0v) is 19.8. The summed E-state index contributed by atoms with van der Waals surface area (Å²) in [6, 6.07) is 11.9. The van der Waals surface area contributed by atoms with Crippen molar-refractivity contribution in [2.45, 2.75) is 25.0 Å². The maximum absolute atomic E-state index is 13.0. The molecule has 5 N–H and O–H groups in total. The molecule has 0 saturated carbocycles. The van der Waals surface area contributed by atoms with Crippen molar-refractivity contribution in [3.8, 4) is 5.75 Å². The molecule has 9 heteroatoms. The number of carbonyl (C=O) groups excluding carboxylic acids is 1. The Morgan fingerprint density at radius 3 is 2.61 bits per heavy atom. The molecule has 7 nitrogen and oxygen atoms in total. The van der Waals surface area contributed by atoms with Crippen LogP contribution in [0, 0.1) is 0 Å². The van der Waals surface area contributed by atoms with Gasteiger partial charge in [0.15, 0.2) is 5.96 Å². The van der Waals surface area contributed by atoms with Gasteiger partial charge in [-0.1, -0.05) is 30.3 Å². The third-order valence-electron chi connectivity index (χ3n) is 4.89. The zero-order valence-electron chi connectivity index (χ0n) is 17.4. The molecule has 0 aliphatic carbocycles. The van der Waals surface area contributed by atoms with Gasteiger partial charge in [0.05, 0.1) is 28.7 Å². The summed E-state index contributed by atoms with van der Waals surface area (Å²) in [6.45, 7) is 2.05. The highest BCUT2D eigenvalue weighted by Gasteiger charge is 2.27. The van der Waals surface area contributed by atoms with Crippen molar-refractivity contribution in [3.05, 3.63) is 63.3 Å². The van der Waals surface area contributed by atoms with E-state index in [0.29, 0.717) is 26.7 Å². The molecule has 0 aliphatic rings. The van der Waals surface area contributed by atoms with Crippen molar-refractivity contribution in [3.63, 3.8) is 0 Å². The normalized spacial score (nSPS) is 10.9. The number of guanidine groups is 1. The molecule has 0 radical (unpaired) electrons. The maximum atomic E-state index is 13.0. The molecule has 0 amide bonds. The molecule has 0 unspecified atom stereocenters. The minimum Gasteiger partial charge on any atom is -0.506 e. The minimum absolute atomic E-state index is 0.00265. The summed E-state index contributed by atoms with van der Waals surface area (Å²) in [4.78, 5) is 17.0. The number of ether oxygens (including phenoxy) is 1. The van der Waals surface area contributed by atoms with E-state index in [4.69, 9.17) is 16.2 Å². The molecule has 0 fully saturated rings. The van der Waals surface area contributed by atoms with Gasteiger partial charge in [0, 0.05) is 35.2 Å². The van der Waals surface area contributed by atoms with Crippen molar-refractivity contribution in [1.29, 1.82) is 0 Å². The van der Waals surface area contributed by atoms with Gasteiger partial charge in [-0.25, -0.2) is 9.79 Å². The number of thioether (sulfide) groups is 1. The van der Waals surface area contributed by atoms with Crippen LogP contribution in [0.4, 0.5) is 0 Å². The molecule has 3 rings (SSSR count). The average molecular weight is 505 g/mol. The number of fused-ring (bicyclic) bond motifs is 1. The van der Waals surface area contributed by atoms with Crippen LogP contribution in [0.15, 0.2) is 45.9 Å². The Balaban J connectivity index is 2.12. The molecule has 1 aromatic heterocycles. The van der Waals surface area contributed by atoms with Crippen LogP contribution < -0.4 is 11.5 Å². The number of esters is 1. The lowest BCUT2D eigenvalue weighted by Gasteiger charge is -2.09. The van der Waals surface area contributed by atoms with Gasteiger partial charge >= 0.3 is 5.97 Å². The fourth-order valence-electron chi connectivity index (χ4n) is 3.43. The standard InChI is InChI=1S/C22H25BrN4O3S/c1-3-30-21(29)19-17(12-31-11-13-7-5-4-6-8-13)27(2)16-9-15(23)20(28)14(18(16)19)10-26-22(24)25/h4-9,28H,3,10-12H2,1-2H3,(H4,24,25,26). The molecule has 164 valence electrons. The quantitative estimate of drug-likeness (QED) is 0.242. The molecular formula is C22H25BrN4O3S. The van der Waals surface area contributed by atoms with E-state index in [9.17, 15) is 9.90 Å². The first-order valence-corrected chi connectivity index (χ1v) is 11.7. The molecular weight excluding hydrogens is 480 g/mol. The van der Waals surface area contributed by atoms with Gasteiger partial charge in [0.25, 0.3) is 0 Å². The lowest BCUT2D eigenvalue weighted by atomic mass is 10.0. The second kappa shape index (κ2) is 10.1. The Morgan fingerprint density at radius 1 is 1.26 bits per heavy atom. The lowest BCUT2D eigenvalue weighted by molar-refractivity contribution is 0.0527. The Morgan fingerprint density at radius 2 is 1.97 bits per heavy atom. The van der Waals surface area contributed by atoms with E-state index in [1.54, 1.807) is 24.8 Å². The highest BCUT2D eigenvalue weighted by atomic mass is 79.9. The van der Waals surface area contributed by atoms with Crippen LogP contribution in [0.5, 0.6) is 5.75 Å². The van der Waals surface area contributed by atoms with Gasteiger partial charge in [-0.05, 0) is 34.5 Å². The van der Waals surface area contributed by atoms with Crippen LogP contribution >= 0.6 is 27.7 Å². The SMILES string of the molecule is CCOC(=O)c1c(CSCc2ccccc2)n(C)c2cc(Br)c(O)c(CN=C(N)N)c12. The van der Waals surface area contributed by atoms with Crippen molar-refractivity contribution < 1.29 is 14.6 Å². The van der Waals surface area contributed by atoms with E-state index in [1.165, 1.54) is 5.56 Å². The number of nitrogens with two attached hydrogens (primary N) is 2. The van der Waals surface area contributed by atoms with Gasteiger partial charge in [0.2, 0.25) is 0 Å². The number of hydrogen-bond acceptors (Lipinski definition) is 5. The largest absolute Gasteiger partial charge is 0.506 e. The van der Waals surface area contributed by atoms with Gasteiger partial charge in [-0.2, -0.15) is 11.8 Å². The third-order valence-corrected chi connectivity index (χ3v) is 6.51. The average Bonchev–Trinajstić information content (AvgIpc) is 3.01. The van der Waals surface area contributed by atoms with Gasteiger partial charge in [0.1, 0.15) is 5.75 Å². The van der Waals surface area contributed by atoms with Gasteiger partial charge < -0.3 is 25.9 Å². The number of aliphatic imine (C=N–C) groups is 1. The number of halogens is 1. The van der Waals surface area contributed by atoms with Crippen molar-refractivity contribution >= 4 is 50.5 Å². The number of benzene rings is 2. The van der Waals surface area contributed by atoms with Crippen molar-refractivity contribution in [2.75, 3.05) is 6.61 Å². The Hall–Kier alpha value is -2.65. The van der Waals surface area contributed by atoms with E-state index in [1.807, 2.05) is 29.8 Å². The van der Waals surface area contributed by atoms with Crippen LogP contribution in [0.2, 0.25) is 0 Å². The summed E-state index contributed by atoms with van der Waals surface area (Å²) in [7, 11) is 1.90. The van der Waals surface area contributed by atoms with Gasteiger partial charge in [-0.15, -0.1) is 0 Å². The number of phenols is 1. The van der Waals surface area contributed by atoms with Crippen LogP contribution in [-0.2, 0) is 29.8 Å². The molecule has 1 heterocycles. The second-order valence-electron chi connectivity index (χ2n) is 6.90. The van der Waals surface area contributed by atoms with Crippen LogP contribution in [0.3, 0.4) is 0 Å². The summed E-state index contributed by atoms with van der Waals surface area (Å²) >= 11 is 5.10. The number of phenolic OH excluding ortho intramolecular Hbond substituents is 1. The molecule has 3 aromatic rings. The van der Waals surface area contributed by atoms with Crippen LogP contribution in [-0.4, -0.2) is 28.2 Å². The topological polar surface area (TPSA) is 116 Å². The minimum atomic E-state index is -0.434. The predicted octanol–water partition coefficient (Wildman–Crippen LogP) is 4.03. The molecule has 0 bridgehead atoms. The first-order valence-electron chi connectivity index (χ1n) is 9.70. The van der Waals surface area contributed by atoms with E-state index < -0.39 is 5.97 Å². The summed E-state index contributed by atoms with van der Waals surface area (Å²) < 4.78 is 7.83. The second-order valence-corrected chi connectivity index (χ2v) is 8.74. The smallest absolute Gasteiger partial charge is 0.340 e. The van der Waals surface area contributed by atoms with E-state index in [-0.39, 0.29) is 24.9 Å². The molecule has 31 heavy (non-hydrogen) atoms. The molecule has 0 aliphatic heterocycles. The highest BCUT2D eigenvalue weighted by molar-refractivity contribution is 9.10. The number of rotatable bonds is 8. The van der Waals surface area contributed by atoms with E-state index in [0.717, 1.165) is 17.0 Å². The maximum Gasteiger partial charge on any atom is 0.340 e. The van der Waals surface area contributed by atoms with Gasteiger partial charge in [-0.3, -0.25) is 0 Å². The third kappa shape index (κ3) is 4.99. The molecule has 0 saturated heterocycles. The monoisotopic (exact) mass is 504 g/mol. The fourth-order valence-corrected chi connectivity index (χ4v) is 4.95. The summed E-state index contributed by atoms with van der Waals surface area (Å²) in [5, 5.41) is 11.3. The fraction of sp³-hybridized carbons (Fsp3) is 0.273. The van der Waals surface area contributed by atoms with Crippen LogP contribution in [0.25, 0.3) is 10.9 Å². The molecule has 0 atom stereocenters. The summed E-state index contributed by atoms with van der Waals surface area (Å²) in [5.74, 6) is 0.863. The number of aromatic nitrogens is 1. The lowest BCUT2D eigenvalue weighted by Crippen LogP contribution is -2.22. The summed E-state index contributed by atoms with van der Waals surface area (Å²) in [5.41, 5.74) is 14.7. The first kappa shape index (κ1) is 23.0. The predicted molar refractivity (Wildman–Crippen MR) is 129 cm³/mol. The zero-order chi connectivity index (χ0) is 22.5. The van der Waals surface area contributed by atoms with Crippen LogP contribution in [0.1, 0.15) is 34.1 Å². The number of aromatic hydroxyl groups is 1. The number of aryl methyl sites for hydroxylation is 1. The van der Waals surface area contributed by atoms with E-state index >= 15 is 0 Å². The Bertz CT molecular complexity index is 1130. The van der Waals surface area contributed by atoms with Crippen molar-refractivity contribution in [1.82, 2.24) is 4.57 Å². The Kier molecular flexibility index (Phi) is 7.50. The van der Waals surface area contributed by atoms with Crippen molar-refractivity contribution in [2.24, 2.45) is 23.5 Å². The molecule has 0 spiro atoms. The summed E-state index contributed by atoms with van der Waals surface area (Å²) in [6.07, 6.45) is 0. The Labute approximate surface area is 193 Å².